The molecule has 0 radical (unpaired) electrons. The fraction of sp³-hybridized carbons (Fsp3) is 0.111. The first kappa shape index (κ1) is 10.2. The van der Waals surface area contributed by atoms with Crippen LogP contribution in [0.1, 0.15) is 0 Å². The van der Waals surface area contributed by atoms with Gasteiger partial charge in [-0.2, -0.15) is 0 Å². The minimum atomic E-state index is 0.922. The van der Waals surface area contributed by atoms with Gasteiger partial charge in [0, 0.05) is 20.7 Å². The van der Waals surface area contributed by atoms with Crippen molar-refractivity contribution < 1.29 is 0 Å². The van der Waals surface area contributed by atoms with Gasteiger partial charge in [-0.15, -0.1) is 11.8 Å². The summed E-state index contributed by atoms with van der Waals surface area (Å²) in [4.78, 5) is 1.26. The van der Waals surface area contributed by atoms with Gasteiger partial charge in [0.15, 0.2) is 0 Å². The molecule has 0 nitrogen and oxygen atoms in total. The summed E-state index contributed by atoms with van der Waals surface area (Å²) in [6.07, 6.45) is 1.92. The number of halogens is 2. The van der Waals surface area contributed by atoms with E-state index < -0.39 is 0 Å². The Morgan fingerprint density at radius 3 is 2.58 bits per heavy atom. The van der Waals surface area contributed by atoms with Gasteiger partial charge in [-0.25, -0.2) is 0 Å². The number of benzene rings is 1. The van der Waals surface area contributed by atoms with Crippen molar-refractivity contribution in [1.82, 2.24) is 0 Å². The molecule has 12 heavy (non-hydrogen) atoms. The molecule has 0 amide bonds. The van der Waals surface area contributed by atoms with Crippen LogP contribution >= 0.6 is 39.3 Å². The Kier molecular flexibility index (Phi) is 4.81. The molecule has 0 saturated carbocycles. The van der Waals surface area contributed by atoms with Crippen molar-refractivity contribution in [3.63, 3.8) is 0 Å². The van der Waals surface area contributed by atoms with E-state index in [9.17, 15) is 0 Å². The smallest absolute Gasteiger partial charge is 0.0176 e. The predicted molar refractivity (Wildman–Crippen MR) is 59.9 cm³/mol. The molecular weight excluding hydrogens is 256 g/mol. The molecule has 1 rings (SSSR count). The van der Waals surface area contributed by atoms with Crippen LogP contribution in [0.25, 0.3) is 0 Å². The Labute approximate surface area is 90.1 Å². The summed E-state index contributed by atoms with van der Waals surface area (Å²) in [6, 6.07) is 8.23. The van der Waals surface area contributed by atoms with Gasteiger partial charge in [0.2, 0.25) is 0 Å². The van der Waals surface area contributed by atoms with Gasteiger partial charge in [-0.05, 0) is 24.3 Å². The third kappa shape index (κ3) is 3.65. The first-order valence-corrected chi connectivity index (χ1v) is 5.68. The maximum Gasteiger partial charge on any atom is 0.0176 e. The largest absolute Gasteiger partial charge is 0.122 e. The minimum absolute atomic E-state index is 0.922. The van der Waals surface area contributed by atoms with Crippen LogP contribution in [0.4, 0.5) is 0 Å². The lowest BCUT2D eigenvalue weighted by Crippen LogP contribution is -1.72. The van der Waals surface area contributed by atoms with Crippen molar-refractivity contribution in [2.75, 3.05) is 5.75 Å². The highest BCUT2D eigenvalue weighted by molar-refractivity contribution is 9.10. The molecule has 0 fully saturated rings. The topological polar surface area (TPSA) is 0 Å². The maximum absolute atomic E-state index is 5.39. The van der Waals surface area contributed by atoms with Crippen LogP contribution in [-0.2, 0) is 0 Å². The average Bonchev–Trinajstić information content (AvgIpc) is 2.09. The van der Waals surface area contributed by atoms with Gasteiger partial charge in [-0.3, -0.25) is 0 Å². The van der Waals surface area contributed by atoms with Crippen molar-refractivity contribution in [2.45, 2.75) is 4.90 Å². The van der Waals surface area contributed by atoms with Crippen molar-refractivity contribution in [3.05, 3.63) is 40.3 Å². The van der Waals surface area contributed by atoms with Crippen molar-refractivity contribution in [1.29, 1.82) is 0 Å². The summed E-state index contributed by atoms with van der Waals surface area (Å²) in [6.45, 7) is 0. The van der Waals surface area contributed by atoms with Crippen LogP contribution in [0.15, 0.2) is 45.2 Å². The molecule has 0 aliphatic heterocycles. The van der Waals surface area contributed by atoms with E-state index in [0.29, 0.717) is 0 Å². The summed E-state index contributed by atoms with van der Waals surface area (Å²) < 4.78 is 1.11. The SMILES string of the molecule is Cl/C=C/CSc1ccc(Br)cc1. The summed E-state index contributed by atoms with van der Waals surface area (Å²) in [5, 5.41) is 0. The Morgan fingerprint density at radius 1 is 1.33 bits per heavy atom. The third-order valence-corrected chi connectivity index (χ3v) is 2.92. The lowest BCUT2D eigenvalue weighted by atomic mass is 10.4. The molecule has 0 unspecified atom stereocenters. The molecule has 0 aromatic heterocycles. The van der Waals surface area contributed by atoms with Crippen LogP contribution in [0.2, 0.25) is 0 Å². The quantitative estimate of drug-likeness (QED) is 0.733. The fourth-order valence-electron chi connectivity index (χ4n) is 0.712. The van der Waals surface area contributed by atoms with Crippen LogP contribution in [-0.4, -0.2) is 5.75 Å². The van der Waals surface area contributed by atoms with Gasteiger partial charge in [0.05, 0.1) is 0 Å². The van der Waals surface area contributed by atoms with Gasteiger partial charge in [0.25, 0.3) is 0 Å². The zero-order valence-corrected chi connectivity index (χ0v) is 9.49. The highest BCUT2D eigenvalue weighted by atomic mass is 79.9. The predicted octanol–water partition coefficient (Wildman–Crippen LogP) is 4.29. The zero-order valence-electron chi connectivity index (χ0n) is 6.34. The normalized spacial score (nSPS) is 10.8. The lowest BCUT2D eigenvalue weighted by Gasteiger charge is -1.96. The zero-order chi connectivity index (χ0) is 8.81. The maximum atomic E-state index is 5.39. The Bertz CT molecular complexity index is 256. The number of hydrogen-bond acceptors (Lipinski definition) is 1. The molecule has 0 heterocycles. The minimum Gasteiger partial charge on any atom is -0.122 e. The molecule has 64 valence electrons. The Morgan fingerprint density at radius 2 is 2.00 bits per heavy atom. The number of rotatable bonds is 3. The van der Waals surface area contributed by atoms with E-state index in [2.05, 4.69) is 28.1 Å². The summed E-state index contributed by atoms with van der Waals surface area (Å²) in [5.74, 6) is 0.922. The monoisotopic (exact) mass is 262 g/mol. The van der Waals surface area contributed by atoms with E-state index in [1.54, 1.807) is 17.3 Å². The number of thioether (sulfide) groups is 1. The van der Waals surface area contributed by atoms with Crippen LogP contribution in [0.5, 0.6) is 0 Å². The second-order valence-electron chi connectivity index (χ2n) is 2.13. The Hall–Kier alpha value is 0.0800. The first-order chi connectivity index (χ1) is 5.83. The van der Waals surface area contributed by atoms with Gasteiger partial charge in [0.1, 0.15) is 0 Å². The number of hydrogen-bond donors (Lipinski definition) is 0. The summed E-state index contributed by atoms with van der Waals surface area (Å²) in [7, 11) is 0. The van der Waals surface area contributed by atoms with Crippen LogP contribution < -0.4 is 0 Å². The first-order valence-electron chi connectivity index (χ1n) is 3.46. The van der Waals surface area contributed by atoms with Crippen LogP contribution in [0, 0.1) is 0 Å². The highest BCUT2D eigenvalue weighted by Crippen LogP contribution is 2.20. The molecule has 1 aromatic rings. The molecule has 3 heteroatoms. The van der Waals surface area contributed by atoms with E-state index in [1.807, 2.05) is 18.2 Å². The van der Waals surface area contributed by atoms with Gasteiger partial charge in [-0.1, -0.05) is 33.6 Å². The molecule has 0 bridgehead atoms. The van der Waals surface area contributed by atoms with E-state index in [1.165, 1.54) is 4.90 Å². The molecule has 0 atom stereocenters. The molecule has 0 aliphatic carbocycles. The van der Waals surface area contributed by atoms with Gasteiger partial charge < -0.3 is 0 Å². The molecule has 0 saturated heterocycles. The van der Waals surface area contributed by atoms with Gasteiger partial charge >= 0.3 is 0 Å². The Balaban J connectivity index is 2.47. The molecule has 0 spiro atoms. The van der Waals surface area contributed by atoms with Crippen molar-refractivity contribution in [3.8, 4) is 0 Å². The summed E-state index contributed by atoms with van der Waals surface area (Å²) in [5.41, 5.74) is 1.55. The molecule has 0 aliphatic rings. The second-order valence-corrected chi connectivity index (χ2v) is 4.39. The third-order valence-electron chi connectivity index (χ3n) is 1.25. The lowest BCUT2D eigenvalue weighted by molar-refractivity contribution is 1.44. The molecule has 1 aromatic carbocycles. The van der Waals surface area contributed by atoms with Crippen LogP contribution in [0.3, 0.4) is 0 Å². The van der Waals surface area contributed by atoms with E-state index in [0.717, 1.165) is 10.2 Å². The standard InChI is InChI=1S/C9H8BrClS/c10-8-2-4-9(5-3-8)12-7-1-6-11/h1-6H,7H2/b6-1+. The van der Waals surface area contributed by atoms with E-state index in [-0.39, 0.29) is 0 Å². The average molecular weight is 264 g/mol. The highest BCUT2D eigenvalue weighted by Gasteiger charge is 1.90. The van der Waals surface area contributed by atoms with Crippen molar-refractivity contribution in [2.24, 2.45) is 0 Å². The van der Waals surface area contributed by atoms with E-state index >= 15 is 0 Å². The fourth-order valence-corrected chi connectivity index (χ4v) is 1.88. The van der Waals surface area contributed by atoms with Crippen molar-refractivity contribution >= 4 is 39.3 Å². The molecular formula is C9H8BrClS. The second kappa shape index (κ2) is 5.68. The molecule has 0 N–H and O–H groups in total. The summed E-state index contributed by atoms with van der Waals surface area (Å²) >= 11 is 10.5. The van der Waals surface area contributed by atoms with E-state index in [4.69, 9.17) is 11.6 Å².